The number of ether oxygens (including phenoxy) is 1. The standard InChI is InChI=1S/C19H23NO5S/c1-25-18-9-5-8-16(13-18)14-26(23,24)20-17(10-11-19(21)22)12-15-6-3-2-4-7-15/h2-9,13,17,20H,10-12,14H2,1H3,(H,21,22). The van der Waals surface area contributed by atoms with Crippen molar-refractivity contribution >= 4 is 16.0 Å². The van der Waals surface area contributed by atoms with Crippen molar-refractivity contribution in [3.05, 3.63) is 65.7 Å². The van der Waals surface area contributed by atoms with Gasteiger partial charge >= 0.3 is 5.97 Å². The highest BCUT2D eigenvalue weighted by atomic mass is 32.2. The van der Waals surface area contributed by atoms with Crippen LogP contribution in [0.2, 0.25) is 0 Å². The fourth-order valence-corrected chi connectivity index (χ4v) is 4.09. The second kappa shape index (κ2) is 9.35. The summed E-state index contributed by atoms with van der Waals surface area (Å²) in [5.41, 5.74) is 1.56. The van der Waals surface area contributed by atoms with Crippen LogP contribution in [0.5, 0.6) is 5.75 Å². The Labute approximate surface area is 153 Å². The molecule has 0 radical (unpaired) electrons. The van der Waals surface area contributed by atoms with Crippen molar-refractivity contribution in [2.24, 2.45) is 0 Å². The van der Waals surface area contributed by atoms with E-state index in [0.717, 1.165) is 5.56 Å². The zero-order valence-electron chi connectivity index (χ0n) is 14.6. The number of carbonyl (C=O) groups is 1. The number of aliphatic carboxylic acids is 1. The number of hydrogen-bond donors (Lipinski definition) is 2. The van der Waals surface area contributed by atoms with Gasteiger partial charge in [0.1, 0.15) is 5.75 Å². The Kier molecular flexibility index (Phi) is 7.17. The van der Waals surface area contributed by atoms with Crippen molar-refractivity contribution in [2.45, 2.75) is 31.1 Å². The minimum Gasteiger partial charge on any atom is -0.497 e. The predicted molar refractivity (Wildman–Crippen MR) is 99.6 cm³/mol. The third-order valence-corrected chi connectivity index (χ3v) is 5.27. The molecule has 0 spiro atoms. The normalized spacial score (nSPS) is 12.5. The lowest BCUT2D eigenvalue weighted by molar-refractivity contribution is -0.137. The van der Waals surface area contributed by atoms with Crippen LogP contribution in [0.1, 0.15) is 24.0 Å². The van der Waals surface area contributed by atoms with Gasteiger partial charge in [-0.05, 0) is 36.1 Å². The van der Waals surface area contributed by atoms with Crippen molar-refractivity contribution in [3.8, 4) is 5.75 Å². The molecule has 1 unspecified atom stereocenters. The van der Waals surface area contributed by atoms with E-state index in [1.165, 1.54) is 7.11 Å². The molecule has 1 atom stereocenters. The molecule has 0 bridgehead atoms. The topological polar surface area (TPSA) is 92.7 Å². The summed E-state index contributed by atoms with van der Waals surface area (Å²) in [7, 11) is -2.10. The molecule has 2 aromatic rings. The van der Waals surface area contributed by atoms with Gasteiger partial charge in [0.05, 0.1) is 12.9 Å². The third-order valence-electron chi connectivity index (χ3n) is 3.87. The molecule has 2 aromatic carbocycles. The summed E-state index contributed by atoms with van der Waals surface area (Å²) in [5.74, 6) is -0.554. The van der Waals surface area contributed by atoms with E-state index in [1.807, 2.05) is 30.3 Å². The second-order valence-electron chi connectivity index (χ2n) is 6.05. The molecule has 7 heteroatoms. The van der Waals surface area contributed by atoms with E-state index in [-0.39, 0.29) is 18.6 Å². The third kappa shape index (κ3) is 6.85. The van der Waals surface area contributed by atoms with Gasteiger partial charge in [-0.1, -0.05) is 42.5 Å². The lowest BCUT2D eigenvalue weighted by Gasteiger charge is -2.18. The zero-order chi connectivity index (χ0) is 19.0. The number of sulfonamides is 1. The van der Waals surface area contributed by atoms with Crippen LogP contribution in [0.4, 0.5) is 0 Å². The molecule has 140 valence electrons. The molecule has 2 rings (SSSR count). The van der Waals surface area contributed by atoms with Gasteiger partial charge in [-0.25, -0.2) is 13.1 Å². The largest absolute Gasteiger partial charge is 0.497 e. The summed E-state index contributed by atoms with van der Waals surface area (Å²) in [4.78, 5) is 10.9. The summed E-state index contributed by atoms with van der Waals surface area (Å²) in [5, 5.41) is 8.93. The molecule has 0 amide bonds. The second-order valence-corrected chi connectivity index (χ2v) is 7.80. The molecule has 0 aliphatic heterocycles. The maximum Gasteiger partial charge on any atom is 0.303 e. The maximum atomic E-state index is 12.5. The van der Waals surface area contributed by atoms with E-state index in [2.05, 4.69) is 4.72 Å². The molecule has 0 fully saturated rings. The Morgan fingerprint density at radius 1 is 1.12 bits per heavy atom. The van der Waals surface area contributed by atoms with E-state index in [1.54, 1.807) is 24.3 Å². The average molecular weight is 377 g/mol. The molecule has 6 nitrogen and oxygen atoms in total. The van der Waals surface area contributed by atoms with E-state index < -0.39 is 22.0 Å². The molecule has 26 heavy (non-hydrogen) atoms. The molecule has 0 aromatic heterocycles. The molecule has 0 saturated heterocycles. The number of carboxylic acid groups (broad SMARTS) is 1. The van der Waals surface area contributed by atoms with Crippen molar-refractivity contribution in [3.63, 3.8) is 0 Å². The van der Waals surface area contributed by atoms with Crippen LogP contribution in [-0.4, -0.2) is 32.6 Å². The van der Waals surface area contributed by atoms with Gasteiger partial charge in [0, 0.05) is 12.5 Å². The number of nitrogens with one attached hydrogen (secondary N) is 1. The van der Waals surface area contributed by atoms with Gasteiger partial charge in [-0.2, -0.15) is 0 Å². The molecule has 0 heterocycles. The number of rotatable bonds is 10. The fourth-order valence-electron chi connectivity index (χ4n) is 2.68. The highest BCUT2D eigenvalue weighted by Gasteiger charge is 2.20. The number of methoxy groups -OCH3 is 1. The minimum atomic E-state index is -3.63. The smallest absolute Gasteiger partial charge is 0.303 e. The van der Waals surface area contributed by atoms with E-state index in [4.69, 9.17) is 9.84 Å². The molecule has 0 aliphatic carbocycles. The van der Waals surface area contributed by atoms with Gasteiger partial charge in [-0.15, -0.1) is 0 Å². The van der Waals surface area contributed by atoms with Crippen LogP contribution in [0.15, 0.2) is 54.6 Å². The first-order valence-electron chi connectivity index (χ1n) is 8.26. The number of carboxylic acids is 1. The quantitative estimate of drug-likeness (QED) is 0.664. The van der Waals surface area contributed by atoms with E-state index >= 15 is 0 Å². The Balaban J connectivity index is 2.09. The number of hydrogen-bond acceptors (Lipinski definition) is 4. The van der Waals surface area contributed by atoms with Crippen LogP contribution in [0, 0.1) is 0 Å². The lowest BCUT2D eigenvalue weighted by atomic mass is 10.0. The van der Waals surface area contributed by atoms with Crippen molar-refractivity contribution < 1.29 is 23.1 Å². The van der Waals surface area contributed by atoms with Gasteiger partial charge in [0.25, 0.3) is 0 Å². The Hall–Kier alpha value is -2.38. The van der Waals surface area contributed by atoms with Crippen molar-refractivity contribution in [1.82, 2.24) is 4.72 Å². The first-order chi connectivity index (χ1) is 12.4. The van der Waals surface area contributed by atoms with Crippen molar-refractivity contribution in [1.29, 1.82) is 0 Å². The van der Waals surface area contributed by atoms with Gasteiger partial charge < -0.3 is 9.84 Å². The minimum absolute atomic E-state index is 0.0980. The first-order valence-corrected chi connectivity index (χ1v) is 9.92. The predicted octanol–water partition coefficient (Wildman–Crippen LogP) is 2.59. The summed E-state index contributed by atoms with van der Waals surface area (Å²) in [6.07, 6.45) is 0.562. The van der Waals surface area contributed by atoms with Crippen LogP contribution in [-0.2, 0) is 27.0 Å². The summed E-state index contributed by atoms with van der Waals surface area (Å²) in [6, 6.07) is 15.8. The molecular weight excluding hydrogens is 354 g/mol. The summed E-state index contributed by atoms with van der Waals surface area (Å²) in [6.45, 7) is 0. The van der Waals surface area contributed by atoms with Crippen LogP contribution >= 0.6 is 0 Å². The van der Waals surface area contributed by atoms with E-state index in [0.29, 0.717) is 17.7 Å². The Morgan fingerprint density at radius 2 is 1.81 bits per heavy atom. The molecule has 0 aliphatic rings. The molecular formula is C19H23NO5S. The van der Waals surface area contributed by atoms with Gasteiger partial charge in [0.15, 0.2) is 0 Å². The SMILES string of the molecule is COc1cccc(CS(=O)(=O)NC(CCC(=O)O)Cc2ccccc2)c1. The van der Waals surface area contributed by atoms with Crippen molar-refractivity contribution in [2.75, 3.05) is 7.11 Å². The van der Waals surface area contributed by atoms with Crippen LogP contribution in [0.3, 0.4) is 0 Å². The summed E-state index contributed by atoms with van der Waals surface area (Å²) >= 11 is 0. The first kappa shape index (κ1) is 19.9. The monoisotopic (exact) mass is 377 g/mol. The fraction of sp³-hybridized carbons (Fsp3) is 0.316. The van der Waals surface area contributed by atoms with Gasteiger partial charge in [-0.3, -0.25) is 4.79 Å². The molecule has 0 saturated carbocycles. The van der Waals surface area contributed by atoms with Crippen LogP contribution < -0.4 is 9.46 Å². The maximum absolute atomic E-state index is 12.5. The zero-order valence-corrected chi connectivity index (χ0v) is 15.4. The highest BCUT2D eigenvalue weighted by Crippen LogP contribution is 2.16. The van der Waals surface area contributed by atoms with Gasteiger partial charge in [0.2, 0.25) is 10.0 Å². The molecule has 2 N–H and O–H groups in total. The Morgan fingerprint density at radius 3 is 2.46 bits per heavy atom. The number of benzene rings is 2. The lowest BCUT2D eigenvalue weighted by Crippen LogP contribution is -2.37. The average Bonchev–Trinajstić information content (AvgIpc) is 2.60. The van der Waals surface area contributed by atoms with E-state index in [9.17, 15) is 13.2 Å². The summed E-state index contributed by atoms with van der Waals surface area (Å²) < 4.78 is 32.9. The van der Waals surface area contributed by atoms with Crippen LogP contribution in [0.25, 0.3) is 0 Å². The Bertz CT molecular complexity index is 821. The highest BCUT2D eigenvalue weighted by molar-refractivity contribution is 7.88.